The molecule has 106 valence electrons. The maximum atomic E-state index is 6.05. The molecular weight excluding hydrogens is 236 g/mol. The van der Waals surface area contributed by atoms with Crippen LogP contribution in [0, 0.1) is 0 Å². The van der Waals surface area contributed by atoms with Crippen molar-refractivity contribution >= 4 is 0 Å². The highest BCUT2D eigenvalue weighted by atomic mass is 16.5. The van der Waals surface area contributed by atoms with E-state index in [0.717, 1.165) is 12.3 Å². The van der Waals surface area contributed by atoms with E-state index in [1.165, 1.54) is 31.2 Å². The average Bonchev–Trinajstić information content (AvgIpc) is 2.66. The third-order valence-corrected chi connectivity index (χ3v) is 4.23. The van der Waals surface area contributed by atoms with Crippen molar-refractivity contribution in [2.45, 2.75) is 44.7 Å². The first-order valence-corrected chi connectivity index (χ1v) is 7.36. The number of methoxy groups -OCH3 is 1. The third-order valence-electron chi connectivity index (χ3n) is 4.23. The number of hydrogen-bond donors (Lipinski definition) is 1. The number of likely N-dealkylation sites (tertiary alicyclic amines) is 1. The summed E-state index contributed by atoms with van der Waals surface area (Å²) in [4.78, 5) is 2.58. The number of nitrogens with two attached hydrogens (primary N) is 1. The Morgan fingerprint density at radius 3 is 2.63 bits per heavy atom. The first kappa shape index (κ1) is 14.4. The molecule has 0 aliphatic carbocycles. The molecule has 0 bridgehead atoms. The lowest BCUT2D eigenvalue weighted by Gasteiger charge is -2.35. The zero-order chi connectivity index (χ0) is 13.7. The van der Waals surface area contributed by atoms with Gasteiger partial charge in [0.15, 0.2) is 0 Å². The van der Waals surface area contributed by atoms with Crippen LogP contribution < -0.4 is 10.5 Å². The molecule has 19 heavy (non-hydrogen) atoms. The fourth-order valence-corrected chi connectivity index (χ4v) is 3.05. The quantitative estimate of drug-likeness (QED) is 0.906. The van der Waals surface area contributed by atoms with Crippen LogP contribution in [0.2, 0.25) is 0 Å². The number of benzene rings is 1. The summed E-state index contributed by atoms with van der Waals surface area (Å²) in [5.74, 6) is 0.906. The molecule has 1 aliphatic heterocycles. The molecule has 3 nitrogen and oxygen atoms in total. The molecule has 0 aromatic heterocycles. The van der Waals surface area contributed by atoms with Gasteiger partial charge in [-0.3, -0.25) is 4.90 Å². The molecule has 2 atom stereocenters. The Balaban J connectivity index is 2.16. The molecule has 3 heteroatoms. The summed E-state index contributed by atoms with van der Waals surface area (Å²) in [5, 5.41) is 0. The van der Waals surface area contributed by atoms with Crippen LogP contribution in [0.5, 0.6) is 5.75 Å². The summed E-state index contributed by atoms with van der Waals surface area (Å²) < 4.78 is 5.22. The maximum Gasteiger partial charge on any atom is 0.118 e. The highest BCUT2D eigenvalue weighted by molar-refractivity contribution is 5.29. The molecular formula is C16H26N2O. The highest BCUT2D eigenvalue weighted by Gasteiger charge is 2.25. The summed E-state index contributed by atoms with van der Waals surface area (Å²) in [6.45, 7) is 4.17. The van der Waals surface area contributed by atoms with Crippen molar-refractivity contribution < 1.29 is 4.74 Å². The Bertz CT molecular complexity index is 377. The second-order valence-corrected chi connectivity index (χ2v) is 5.46. The molecule has 0 saturated carbocycles. The molecule has 1 heterocycles. The lowest BCUT2D eigenvalue weighted by atomic mass is 10.0. The van der Waals surface area contributed by atoms with Crippen LogP contribution >= 0.6 is 0 Å². The maximum absolute atomic E-state index is 6.05. The van der Waals surface area contributed by atoms with Crippen molar-refractivity contribution in [3.63, 3.8) is 0 Å². The normalized spacial score (nSPS) is 22.8. The average molecular weight is 262 g/mol. The zero-order valence-corrected chi connectivity index (χ0v) is 12.1. The van der Waals surface area contributed by atoms with Gasteiger partial charge in [-0.1, -0.05) is 25.0 Å². The summed E-state index contributed by atoms with van der Waals surface area (Å²) in [5.41, 5.74) is 7.35. The molecule has 0 spiro atoms. The number of ether oxygens (including phenoxy) is 1. The van der Waals surface area contributed by atoms with E-state index in [-0.39, 0.29) is 0 Å². The van der Waals surface area contributed by atoms with E-state index >= 15 is 0 Å². The fourth-order valence-electron chi connectivity index (χ4n) is 3.05. The van der Waals surface area contributed by atoms with E-state index in [0.29, 0.717) is 18.6 Å². The first-order valence-electron chi connectivity index (χ1n) is 7.36. The van der Waals surface area contributed by atoms with E-state index in [4.69, 9.17) is 10.5 Å². The highest BCUT2D eigenvalue weighted by Crippen LogP contribution is 2.28. The van der Waals surface area contributed by atoms with Gasteiger partial charge in [0.1, 0.15) is 5.75 Å². The smallest absolute Gasteiger partial charge is 0.118 e. The molecule has 1 saturated heterocycles. The third kappa shape index (κ3) is 3.48. The Morgan fingerprint density at radius 1 is 1.26 bits per heavy atom. The predicted molar refractivity (Wildman–Crippen MR) is 79.4 cm³/mol. The summed E-state index contributed by atoms with van der Waals surface area (Å²) >= 11 is 0. The fraction of sp³-hybridized carbons (Fsp3) is 0.625. The van der Waals surface area contributed by atoms with Crippen LogP contribution in [0.25, 0.3) is 0 Å². The van der Waals surface area contributed by atoms with Gasteiger partial charge in [0, 0.05) is 18.6 Å². The minimum atomic E-state index is 0.332. The Labute approximate surface area is 116 Å². The van der Waals surface area contributed by atoms with Gasteiger partial charge < -0.3 is 10.5 Å². The second kappa shape index (κ2) is 6.92. The van der Waals surface area contributed by atoms with E-state index in [2.05, 4.69) is 24.0 Å². The van der Waals surface area contributed by atoms with E-state index in [1.54, 1.807) is 7.11 Å². The van der Waals surface area contributed by atoms with E-state index < -0.39 is 0 Å². The molecule has 2 rings (SSSR count). The van der Waals surface area contributed by atoms with Crippen LogP contribution in [0.15, 0.2) is 24.3 Å². The van der Waals surface area contributed by atoms with Crippen LogP contribution in [0.4, 0.5) is 0 Å². The molecule has 2 N–H and O–H groups in total. The number of rotatable bonds is 4. The number of nitrogens with zero attached hydrogens (tertiary/aromatic N) is 1. The standard InChI is InChI=1S/C16H26N2O/c1-13-6-4-3-5-11-18(13)16(12-17)14-7-9-15(19-2)10-8-14/h7-10,13,16H,3-6,11-12,17H2,1-2H3. The molecule has 1 aliphatic rings. The summed E-state index contributed by atoms with van der Waals surface area (Å²) in [7, 11) is 1.70. The Hall–Kier alpha value is -1.06. The Morgan fingerprint density at radius 2 is 2.00 bits per heavy atom. The zero-order valence-electron chi connectivity index (χ0n) is 12.1. The van der Waals surface area contributed by atoms with Gasteiger partial charge in [-0.2, -0.15) is 0 Å². The minimum Gasteiger partial charge on any atom is -0.497 e. The molecule has 1 aromatic carbocycles. The van der Waals surface area contributed by atoms with E-state index in [1.807, 2.05) is 12.1 Å². The Kier molecular flexibility index (Phi) is 5.23. The molecule has 1 fully saturated rings. The largest absolute Gasteiger partial charge is 0.497 e. The summed E-state index contributed by atoms with van der Waals surface area (Å²) in [6, 6.07) is 9.31. The second-order valence-electron chi connectivity index (χ2n) is 5.46. The van der Waals surface area contributed by atoms with Gasteiger partial charge >= 0.3 is 0 Å². The molecule has 1 aromatic rings. The van der Waals surface area contributed by atoms with Gasteiger partial charge in [-0.15, -0.1) is 0 Å². The van der Waals surface area contributed by atoms with Crippen LogP contribution in [0.3, 0.4) is 0 Å². The molecule has 2 unspecified atom stereocenters. The van der Waals surface area contributed by atoms with E-state index in [9.17, 15) is 0 Å². The van der Waals surface area contributed by atoms with Gasteiger partial charge in [0.2, 0.25) is 0 Å². The monoisotopic (exact) mass is 262 g/mol. The van der Waals surface area contributed by atoms with Gasteiger partial charge in [0.05, 0.1) is 7.11 Å². The van der Waals surface area contributed by atoms with Gasteiger partial charge in [-0.25, -0.2) is 0 Å². The lowest BCUT2D eigenvalue weighted by molar-refractivity contribution is 0.150. The predicted octanol–water partition coefficient (Wildman–Crippen LogP) is 2.96. The van der Waals surface area contributed by atoms with Crippen LogP contribution in [0.1, 0.15) is 44.2 Å². The van der Waals surface area contributed by atoms with Crippen molar-refractivity contribution in [3.05, 3.63) is 29.8 Å². The van der Waals surface area contributed by atoms with Crippen LogP contribution in [-0.2, 0) is 0 Å². The van der Waals surface area contributed by atoms with Crippen molar-refractivity contribution in [1.82, 2.24) is 4.90 Å². The lowest BCUT2D eigenvalue weighted by Crippen LogP contribution is -2.39. The van der Waals surface area contributed by atoms with Gasteiger partial charge in [0.25, 0.3) is 0 Å². The molecule has 0 radical (unpaired) electrons. The van der Waals surface area contributed by atoms with Crippen molar-refractivity contribution in [3.8, 4) is 5.75 Å². The first-order chi connectivity index (χ1) is 9.26. The minimum absolute atomic E-state index is 0.332. The van der Waals surface area contributed by atoms with Crippen molar-refractivity contribution in [2.24, 2.45) is 5.73 Å². The summed E-state index contributed by atoms with van der Waals surface area (Å²) in [6.07, 6.45) is 5.27. The van der Waals surface area contributed by atoms with Crippen LogP contribution in [-0.4, -0.2) is 31.1 Å². The SMILES string of the molecule is COc1ccc(C(CN)N2CCCCCC2C)cc1. The topological polar surface area (TPSA) is 38.5 Å². The van der Waals surface area contributed by atoms with Crippen molar-refractivity contribution in [2.75, 3.05) is 20.2 Å². The van der Waals surface area contributed by atoms with Gasteiger partial charge in [-0.05, 0) is 44.0 Å². The van der Waals surface area contributed by atoms with Crippen molar-refractivity contribution in [1.29, 1.82) is 0 Å². The number of hydrogen-bond acceptors (Lipinski definition) is 3. The molecule has 0 amide bonds.